The normalized spacial score (nSPS) is 10.3. The lowest BCUT2D eigenvalue weighted by Crippen LogP contribution is -2.03. The number of aromatic nitrogens is 1. The highest BCUT2D eigenvalue weighted by atomic mass is 79.9. The third-order valence-corrected chi connectivity index (χ3v) is 1.81. The maximum atomic E-state index is 11.7. The summed E-state index contributed by atoms with van der Waals surface area (Å²) in [6.45, 7) is -2.82. The molecule has 12 heavy (non-hydrogen) atoms. The number of ether oxygens (including phenoxy) is 1. The van der Waals surface area contributed by atoms with Gasteiger partial charge in [0.15, 0.2) is 0 Å². The average molecular weight is 238 g/mol. The summed E-state index contributed by atoms with van der Waals surface area (Å²) in [6, 6.07) is 3.17. The quantitative estimate of drug-likeness (QED) is 0.755. The van der Waals surface area contributed by atoms with Gasteiger partial charge in [0.2, 0.25) is 5.88 Å². The van der Waals surface area contributed by atoms with Crippen LogP contribution in [0.2, 0.25) is 0 Å². The zero-order chi connectivity index (χ0) is 8.97. The van der Waals surface area contributed by atoms with Crippen LogP contribution in [0.4, 0.5) is 8.78 Å². The number of hydrogen-bond acceptors (Lipinski definition) is 2. The van der Waals surface area contributed by atoms with Crippen LogP contribution < -0.4 is 4.74 Å². The summed E-state index contributed by atoms with van der Waals surface area (Å²) in [6.07, 6.45) is 1.42. The lowest BCUT2D eigenvalue weighted by Gasteiger charge is -2.03. The number of rotatable bonds is 3. The highest BCUT2D eigenvalue weighted by Gasteiger charge is 2.04. The monoisotopic (exact) mass is 237 g/mol. The maximum Gasteiger partial charge on any atom is 0.388 e. The van der Waals surface area contributed by atoms with Crippen molar-refractivity contribution in [3.63, 3.8) is 0 Å². The summed E-state index contributed by atoms with van der Waals surface area (Å²) >= 11 is 3.19. The van der Waals surface area contributed by atoms with Gasteiger partial charge in [-0.25, -0.2) is 4.98 Å². The Labute approximate surface area is 76.7 Å². The maximum absolute atomic E-state index is 11.7. The number of hydrogen-bond donors (Lipinski definition) is 0. The molecular formula is C7H6BrF2NO. The number of alkyl halides is 3. The molecule has 0 spiro atoms. The molecule has 0 unspecified atom stereocenters. The van der Waals surface area contributed by atoms with E-state index in [0.29, 0.717) is 5.33 Å². The lowest BCUT2D eigenvalue weighted by atomic mass is 10.3. The van der Waals surface area contributed by atoms with Gasteiger partial charge in [0.25, 0.3) is 0 Å². The zero-order valence-corrected chi connectivity index (χ0v) is 7.59. The van der Waals surface area contributed by atoms with E-state index in [1.54, 1.807) is 6.07 Å². The smallest absolute Gasteiger partial charge is 0.388 e. The number of pyridine rings is 1. The van der Waals surface area contributed by atoms with Crippen LogP contribution in [-0.2, 0) is 5.33 Å². The molecule has 0 radical (unpaired) electrons. The van der Waals surface area contributed by atoms with Crippen molar-refractivity contribution in [3.8, 4) is 5.88 Å². The molecule has 1 rings (SSSR count). The summed E-state index contributed by atoms with van der Waals surface area (Å²) in [4.78, 5) is 3.60. The van der Waals surface area contributed by atoms with Crippen molar-refractivity contribution in [3.05, 3.63) is 23.9 Å². The van der Waals surface area contributed by atoms with E-state index in [1.165, 1.54) is 12.3 Å². The molecule has 0 aromatic carbocycles. The first-order chi connectivity index (χ1) is 5.72. The fraction of sp³-hybridized carbons (Fsp3) is 0.286. The van der Waals surface area contributed by atoms with E-state index >= 15 is 0 Å². The molecule has 2 nitrogen and oxygen atoms in total. The highest BCUT2D eigenvalue weighted by Crippen LogP contribution is 2.13. The second kappa shape index (κ2) is 4.35. The minimum Gasteiger partial charge on any atom is -0.417 e. The molecule has 0 aliphatic carbocycles. The zero-order valence-electron chi connectivity index (χ0n) is 6.01. The highest BCUT2D eigenvalue weighted by molar-refractivity contribution is 9.08. The van der Waals surface area contributed by atoms with E-state index in [-0.39, 0.29) is 5.88 Å². The van der Waals surface area contributed by atoms with Gasteiger partial charge in [0, 0.05) is 17.6 Å². The summed E-state index contributed by atoms with van der Waals surface area (Å²) in [5.41, 5.74) is 0.848. The van der Waals surface area contributed by atoms with Crippen LogP contribution in [-0.4, -0.2) is 11.6 Å². The van der Waals surface area contributed by atoms with Crippen LogP contribution in [0, 0.1) is 0 Å². The van der Waals surface area contributed by atoms with Gasteiger partial charge in [-0.3, -0.25) is 0 Å². The van der Waals surface area contributed by atoms with Crippen LogP contribution in [0.5, 0.6) is 5.88 Å². The minimum absolute atomic E-state index is 0.0537. The van der Waals surface area contributed by atoms with E-state index in [2.05, 4.69) is 25.7 Å². The number of halogens is 3. The van der Waals surface area contributed by atoms with Gasteiger partial charge in [-0.1, -0.05) is 15.9 Å². The topological polar surface area (TPSA) is 22.1 Å². The van der Waals surface area contributed by atoms with Crippen LogP contribution in [0.1, 0.15) is 5.56 Å². The van der Waals surface area contributed by atoms with Crippen molar-refractivity contribution in [2.24, 2.45) is 0 Å². The molecule has 0 aliphatic rings. The Hall–Kier alpha value is -0.710. The van der Waals surface area contributed by atoms with E-state index in [4.69, 9.17) is 0 Å². The van der Waals surface area contributed by atoms with E-state index in [0.717, 1.165) is 5.56 Å². The summed E-state index contributed by atoms with van der Waals surface area (Å²) in [5, 5.41) is 0.592. The molecule has 5 heteroatoms. The molecular weight excluding hydrogens is 232 g/mol. The Morgan fingerprint density at radius 2 is 2.33 bits per heavy atom. The van der Waals surface area contributed by atoms with Gasteiger partial charge < -0.3 is 4.74 Å². The molecule has 1 aromatic heterocycles. The molecule has 0 atom stereocenters. The summed E-state index contributed by atoms with van der Waals surface area (Å²) < 4.78 is 27.5. The molecule has 0 amide bonds. The standard InChI is InChI=1S/C7H6BrF2NO/c8-4-5-1-2-11-6(3-5)12-7(9)10/h1-3,7H,4H2. The largest absolute Gasteiger partial charge is 0.417 e. The Bertz CT molecular complexity index is 257. The third kappa shape index (κ3) is 2.73. The van der Waals surface area contributed by atoms with Crippen LogP contribution >= 0.6 is 15.9 Å². The van der Waals surface area contributed by atoms with Crippen molar-refractivity contribution in [1.82, 2.24) is 4.98 Å². The van der Waals surface area contributed by atoms with E-state index in [9.17, 15) is 8.78 Å². The molecule has 66 valence electrons. The predicted molar refractivity (Wildman–Crippen MR) is 43.5 cm³/mol. The molecule has 0 aliphatic heterocycles. The fourth-order valence-corrected chi connectivity index (χ4v) is 1.04. The molecule has 0 saturated carbocycles. The molecule has 0 fully saturated rings. The van der Waals surface area contributed by atoms with Crippen molar-refractivity contribution < 1.29 is 13.5 Å². The Morgan fingerprint density at radius 3 is 2.92 bits per heavy atom. The average Bonchev–Trinajstić information content (AvgIpc) is 2.03. The Morgan fingerprint density at radius 1 is 1.58 bits per heavy atom. The van der Waals surface area contributed by atoms with Crippen molar-refractivity contribution >= 4 is 15.9 Å². The lowest BCUT2D eigenvalue weighted by molar-refractivity contribution is -0.0528. The molecule has 0 N–H and O–H groups in total. The van der Waals surface area contributed by atoms with Gasteiger partial charge in [-0.2, -0.15) is 8.78 Å². The van der Waals surface area contributed by atoms with Gasteiger partial charge >= 0.3 is 6.61 Å². The second-order valence-electron chi connectivity index (χ2n) is 2.01. The van der Waals surface area contributed by atoms with Crippen LogP contribution in [0.3, 0.4) is 0 Å². The summed E-state index contributed by atoms with van der Waals surface area (Å²) in [7, 11) is 0. The summed E-state index contributed by atoms with van der Waals surface area (Å²) in [5.74, 6) is -0.0537. The van der Waals surface area contributed by atoms with Crippen molar-refractivity contribution in [2.75, 3.05) is 0 Å². The van der Waals surface area contributed by atoms with Gasteiger partial charge in [-0.05, 0) is 11.6 Å². The SMILES string of the molecule is FC(F)Oc1cc(CBr)ccn1. The van der Waals surface area contributed by atoms with Gasteiger partial charge in [0.1, 0.15) is 0 Å². The van der Waals surface area contributed by atoms with Gasteiger partial charge in [-0.15, -0.1) is 0 Å². The van der Waals surface area contributed by atoms with Gasteiger partial charge in [0.05, 0.1) is 0 Å². The second-order valence-corrected chi connectivity index (χ2v) is 2.58. The Kier molecular flexibility index (Phi) is 3.40. The minimum atomic E-state index is -2.82. The predicted octanol–water partition coefficient (Wildman–Crippen LogP) is 2.58. The van der Waals surface area contributed by atoms with E-state index in [1.807, 2.05) is 0 Å². The number of nitrogens with zero attached hydrogens (tertiary/aromatic N) is 1. The van der Waals surface area contributed by atoms with Crippen molar-refractivity contribution in [2.45, 2.75) is 11.9 Å². The molecule has 0 bridgehead atoms. The Balaban J connectivity index is 2.72. The molecule has 0 saturated heterocycles. The van der Waals surface area contributed by atoms with E-state index < -0.39 is 6.61 Å². The first-order valence-electron chi connectivity index (χ1n) is 3.18. The molecule has 1 aromatic rings. The first kappa shape index (κ1) is 9.38. The third-order valence-electron chi connectivity index (χ3n) is 1.16. The molecule has 1 heterocycles. The van der Waals surface area contributed by atoms with Crippen LogP contribution in [0.25, 0.3) is 0 Å². The van der Waals surface area contributed by atoms with Crippen LogP contribution in [0.15, 0.2) is 18.3 Å². The fourth-order valence-electron chi connectivity index (χ4n) is 0.689. The van der Waals surface area contributed by atoms with Crippen molar-refractivity contribution in [1.29, 1.82) is 0 Å². The first-order valence-corrected chi connectivity index (χ1v) is 4.30.